The van der Waals surface area contributed by atoms with Crippen LogP contribution in [0.1, 0.15) is 10.1 Å². The number of nitrogens with two attached hydrogens (primary N) is 1. The van der Waals surface area contributed by atoms with Crippen molar-refractivity contribution in [3.05, 3.63) is 52.5 Å². The molecule has 3 nitrogen and oxygen atoms in total. The van der Waals surface area contributed by atoms with Crippen molar-refractivity contribution < 1.29 is 12.8 Å². The van der Waals surface area contributed by atoms with Gasteiger partial charge in [0.05, 0.1) is 4.90 Å². The van der Waals surface area contributed by atoms with E-state index in [-0.39, 0.29) is 11.4 Å². The third kappa shape index (κ3) is 2.45. The standard InChI is InChI=1S/C12H12FNO2S2/c13-9-3-5-10(6-4-9)18(15,16)12(8-14)11-2-1-7-17-11/h1-7,12H,8,14H2. The predicted octanol–water partition coefficient (Wildman–Crippen LogP) is 2.36. The summed E-state index contributed by atoms with van der Waals surface area (Å²) in [6.07, 6.45) is 0. The lowest BCUT2D eigenvalue weighted by Crippen LogP contribution is -2.21. The molecule has 0 bridgehead atoms. The third-order valence-corrected chi connectivity index (χ3v) is 5.85. The Hall–Kier alpha value is -1.24. The van der Waals surface area contributed by atoms with E-state index >= 15 is 0 Å². The summed E-state index contributed by atoms with van der Waals surface area (Å²) in [5.41, 5.74) is 5.57. The highest BCUT2D eigenvalue weighted by Gasteiger charge is 2.28. The fraction of sp³-hybridized carbons (Fsp3) is 0.167. The molecule has 1 aromatic heterocycles. The van der Waals surface area contributed by atoms with Gasteiger partial charge in [-0.15, -0.1) is 11.3 Å². The molecule has 1 unspecified atom stereocenters. The van der Waals surface area contributed by atoms with Crippen molar-refractivity contribution in [1.29, 1.82) is 0 Å². The first-order valence-corrected chi connectivity index (χ1v) is 7.71. The SMILES string of the molecule is NCC(c1cccs1)S(=O)(=O)c1ccc(F)cc1. The van der Waals surface area contributed by atoms with Crippen LogP contribution in [0.25, 0.3) is 0 Å². The van der Waals surface area contributed by atoms with Crippen molar-refractivity contribution in [2.24, 2.45) is 5.73 Å². The molecule has 0 aliphatic rings. The molecule has 0 aliphatic carbocycles. The Balaban J connectivity index is 2.44. The highest BCUT2D eigenvalue weighted by Crippen LogP contribution is 2.30. The Morgan fingerprint density at radius 2 is 1.89 bits per heavy atom. The molecule has 6 heteroatoms. The largest absolute Gasteiger partial charge is 0.329 e. The Kier molecular flexibility index (Phi) is 3.79. The molecule has 1 heterocycles. The molecule has 2 rings (SSSR count). The zero-order chi connectivity index (χ0) is 13.2. The van der Waals surface area contributed by atoms with Crippen molar-refractivity contribution in [1.82, 2.24) is 0 Å². The van der Waals surface area contributed by atoms with Crippen LogP contribution in [-0.2, 0) is 9.84 Å². The lowest BCUT2D eigenvalue weighted by molar-refractivity contribution is 0.582. The molecule has 0 radical (unpaired) electrons. The summed E-state index contributed by atoms with van der Waals surface area (Å²) < 4.78 is 37.6. The molecular weight excluding hydrogens is 273 g/mol. The van der Waals surface area contributed by atoms with Gasteiger partial charge in [0.25, 0.3) is 0 Å². The van der Waals surface area contributed by atoms with Crippen LogP contribution in [0.3, 0.4) is 0 Å². The zero-order valence-electron chi connectivity index (χ0n) is 9.41. The minimum absolute atomic E-state index is 0.000221. The van der Waals surface area contributed by atoms with Gasteiger partial charge in [-0.1, -0.05) is 6.07 Å². The average Bonchev–Trinajstić information content (AvgIpc) is 2.84. The Labute approximate surface area is 109 Å². The molecule has 18 heavy (non-hydrogen) atoms. The van der Waals surface area contributed by atoms with Crippen LogP contribution >= 0.6 is 11.3 Å². The maximum Gasteiger partial charge on any atom is 0.187 e. The number of benzene rings is 1. The minimum atomic E-state index is -3.57. The van der Waals surface area contributed by atoms with E-state index in [9.17, 15) is 12.8 Å². The van der Waals surface area contributed by atoms with Crippen molar-refractivity contribution in [3.8, 4) is 0 Å². The van der Waals surface area contributed by atoms with Crippen LogP contribution in [0.4, 0.5) is 4.39 Å². The summed E-state index contributed by atoms with van der Waals surface area (Å²) in [5.74, 6) is -0.464. The van der Waals surface area contributed by atoms with E-state index in [0.717, 1.165) is 12.1 Å². The first kappa shape index (κ1) is 13.2. The first-order chi connectivity index (χ1) is 8.55. The maximum absolute atomic E-state index is 12.8. The second-order valence-electron chi connectivity index (χ2n) is 3.74. The molecule has 0 fully saturated rings. The summed E-state index contributed by atoms with van der Waals surface area (Å²) in [5, 5.41) is 1.03. The van der Waals surface area contributed by atoms with Gasteiger partial charge in [-0.25, -0.2) is 12.8 Å². The molecule has 1 aromatic carbocycles. The lowest BCUT2D eigenvalue weighted by atomic mass is 10.3. The molecule has 0 saturated heterocycles. The predicted molar refractivity (Wildman–Crippen MR) is 69.7 cm³/mol. The van der Waals surface area contributed by atoms with Crippen LogP contribution in [-0.4, -0.2) is 15.0 Å². The molecule has 0 aliphatic heterocycles. The van der Waals surface area contributed by atoms with E-state index in [1.807, 2.05) is 0 Å². The number of thiophene rings is 1. The van der Waals surface area contributed by atoms with Gasteiger partial charge >= 0.3 is 0 Å². The topological polar surface area (TPSA) is 60.2 Å². The van der Waals surface area contributed by atoms with Crippen LogP contribution in [0.5, 0.6) is 0 Å². The summed E-state index contributed by atoms with van der Waals surface area (Å²) in [7, 11) is -3.57. The number of hydrogen-bond donors (Lipinski definition) is 1. The van der Waals surface area contributed by atoms with Crippen LogP contribution < -0.4 is 5.73 Å². The van der Waals surface area contributed by atoms with Gasteiger partial charge in [-0.2, -0.15) is 0 Å². The van der Waals surface area contributed by atoms with E-state index in [1.165, 1.54) is 23.5 Å². The van der Waals surface area contributed by atoms with Crippen LogP contribution in [0.15, 0.2) is 46.7 Å². The average molecular weight is 285 g/mol. The van der Waals surface area contributed by atoms with Crippen LogP contribution in [0.2, 0.25) is 0 Å². The van der Waals surface area contributed by atoms with E-state index in [2.05, 4.69) is 0 Å². The minimum Gasteiger partial charge on any atom is -0.329 e. The monoisotopic (exact) mass is 285 g/mol. The number of halogens is 1. The molecule has 0 saturated carbocycles. The second-order valence-corrected chi connectivity index (χ2v) is 6.85. The van der Waals surface area contributed by atoms with Gasteiger partial charge in [-0.3, -0.25) is 0 Å². The van der Waals surface area contributed by atoms with Gasteiger partial charge in [0.1, 0.15) is 11.1 Å². The summed E-state index contributed by atoms with van der Waals surface area (Å²) >= 11 is 1.35. The van der Waals surface area contributed by atoms with Crippen molar-refractivity contribution >= 4 is 21.2 Å². The summed E-state index contributed by atoms with van der Waals surface area (Å²) in [6, 6.07) is 8.32. The van der Waals surface area contributed by atoms with E-state index in [0.29, 0.717) is 4.88 Å². The maximum atomic E-state index is 12.8. The van der Waals surface area contributed by atoms with E-state index in [1.54, 1.807) is 17.5 Å². The Morgan fingerprint density at radius 3 is 2.39 bits per heavy atom. The fourth-order valence-corrected chi connectivity index (χ4v) is 4.41. The summed E-state index contributed by atoms with van der Waals surface area (Å²) in [4.78, 5) is 0.787. The molecule has 1 atom stereocenters. The first-order valence-electron chi connectivity index (χ1n) is 5.28. The van der Waals surface area contributed by atoms with E-state index < -0.39 is 20.9 Å². The van der Waals surface area contributed by atoms with Gasteiger partial charge in [0.15, 0.2) is 9.84 Å². The normalized spacial score (nSPS) is 13.4. The zero-order valence-corrected chi connectivity index (χ0v) is 11.0. The summed E-state index contributed by atoms with van der Waals surface area (Å²) in [6.45, 7) is 0.000221. The quantitative estimate of drug-likeness (QED) is 0.877. The lowest BCUT2D eigenvalue weighted by Gasteiger charge is -2.14. The highest BCUT2D eigenvalue weighted by atomic mass is 32.2. The number of hydrogen-bond acceptors (Lipinski definition) is 4. The fourth-order valence-electron chi connectivity index (χ4n) is 1.66. The van der Waals surface area contributed by atoms with Gasteiger partial charge < -0.3 is 5.73 Å². The number of rotatable bonds is 4. The Morgan fingerprint density at radius 1 is 1.22 bits per heavy atom. The number of sulfone groups is 1. The second kappa shape index (κ2) is 5.17. The molecule has 2 N–H and O–H groups in total. The van der Waals surface area contributed by atoms with Gasteiger partial charge in [0.2, 0.25) is 0 Å². The van der Waals surface area contributed by atoms with Gasteiger partial charge in [0, 0.05) is 11.4 Å². The Bertz CT molecular complexity index is 606. The molecule has 96 valence electrons. The highest BCUT2D eigenvalue weighted by molar-refractivity contribution is 7.91. The van der Waals surface area contributed by atoms with Crippen LogP contribution in [0, 0.1) is 5.82 Å². The molecule has 2 aromatic rings. The van der Waals surface area contributed by atoms with E-state index in [4.69, 9.17) is 5.73 Å². The van der Waals surface area contributed by atoms with Gasteiger partial charge in [-0.05, 0) is 35.7 Å². The molecule has 0 spiro atoms. The molecule has 0 amide bonds. The third-order valence-electron chi connectivity index (χ3n) is 2.59. The van der Waals surface area contributed by atoms with Crippen molar-refractivity contribution in [2.75, 3.05) is 6.54 Å². The smallest absolute Gasteiger partial charge is 0.187 e. The van der Waals surface area contributed by atoms with Crippen molar-refractivity contribution in [3.63, 3.8) is 0 Å². The van der Waals surface area contributed by atoms with Crippen molar-refractivity contribution in [2.45, 2.75) is 10.1 Å². The molecular formula is C12H12FNO2S2.